The highest BCUT2D eigenvalue weighted by Crippen LogP contribution is 2.22. The Hall–Kier alpha value is -2.64. The van der Waals surface area contributed by atoms with Gasteiger partial charge in [-0.2, -0.15) is 5.26 Å². The molecule has 0 radical (unpaired) electrons. The molecule has 4 nitrogen and oxygen atoms in total. The molecule has 5 heteroatoms. The molecule has 1 aromatic heterocycles. The van der Waals surface area contributed by atoms with Crippen molar-refractivity contribution in [3.63, 3.8) is 0 Å². The minimum atomic E-state index is -0.486. The van der Waals surface area contributed by atoms with E-state index in [1.807, 2.05) is 6.07 Å². The summed E-state index contributed by atoms with van der Waals surface area (Å²) in [5.41, 5.74) is 3.45. The molecule has 3 rings (SSSR count). The SMILES string of the molecule is N#Cc1ccc2[nH]c(-c3ccc(C(=O)Cl)cc3)nc2c1. The van der Waals surface area contributed by atoms with E-state index in [9.17, 15) is 4.79 Å². The zero-order chi connectivity index (χ0) is 14.1. The number of fused-ring (bicyclic) bond motifs is 1. The molecule has 3 aromatic rings. The van der Waals surface area contributed by atoms with Crippen molar-refractivity contribution in [1.82, 2.24) is 9.97 Å². The summed E-state index contributed by atoms with van der Waals surface area (Å²) in [5, 5.41) is 8.38. The third kappa shape index (κ3) is 2.15. The number of nitrogens with one attached hydrogen (secondary N) is 1. The van der Waals surface area contributed by atoms with Crippen LogP contribution >= 0.6 is 11.6 Å². The highest BCUT2D eigenvalue weighted by atomic mass is 35.5. The summed E-state index contributed by atoms with van der Waals surface area (Å²) < 4.78 is 0. The number of halogens is 1. The van der Waals surface area contributed by atoms with Crippen LogP contribution in [0.2, 0.25) is 0 Å². The molecule has 0 atom stereocenters. The summed E-state index contributed by atoms with van der Waals surface area (Å²) in [6.45, 7) is 0. The maximum Gasteiger partial charge on any atom is 0.252 e. The van der Waals surface area contributed by atoms with E-state index in [1.54, 1.807) is 36.4 Å². The predicted molar refractivity (Wildman–Crippen MR) is 76.4 cm³/mol. The zero-order valence-corrected chi connectivity index (χ0v) is 11.0. The van der Waals surface area contributed by atoms with E-state index in [0.717, 1.165) is 16.6 Å². The fraction of sp³-hybridized carbons (Fsp3) is 0. The van der Waals surface area contributed by atoms with E-state index in [-0.39, 0.29) is 0 Å². The number of imidazole rings is 1. The van der Waals surface area contributed by atoms with Gasteiger partial charge < -0.3 is 4.98 Å². The number of hydrogen-bond acceptors (Lipinski definition) is 3. The highest BCUT2D eigenvalue weighted by Gasteiger charge is 2.07. The largest absolute Gasteiger partial charge is 0.338 e. The zero-order valence-electron chi connectivity index (χ0n) is 10.2. The number of aromatic amines is 1. The topological polar surface area (TPSA) is 69.5 Å². The molecule has 0 bridgehead atoms. The van der Waals surface area contributed by atoms with Crippen LogP contribution in [-0.2, 0) is 0 Å². The average molecular weight is 282 g/mol. The number of benzene rings is 2. The second-order valence-corrected chi connectivity index (χ2v) is 4.62. The monoisotopic (exact) mass is 281 g/mol. The van der Waals surface area contributed by atoms with Crippen LogP contribution in [0.5, 0.6) is 0 Å². The van der Waals surface area contributed by atoms with Crippen molar-refractivity contribution in [2.75, 3.05) is 0 Å². The van der Waals surface area contributed by atoms with Gasteiger partial charge >= 0.3 is 0 Å². The van der Waals surface area contributed by atoms with Gasteiger partial charge in [-0.25, -0.2) is 4.98 Å². The molecule has 2 aromatic carbocycles. The van der Waals surface area contributed by atoms with Gasteiger partial charge in [0.05, 0.1) is 22.7 Å². The van der Waals surface area contributed by atoms with Gasteiger partial charge in [0.15, 0.2) is 0 Å². The smallest absolute Gasteiger partial charge is 0.252 e. The molecule has 0 aliphatic heterocycles. The van der Waals surface area contributed by atoms with Gasteiger partial charge in [0.2, 0.25) is 0 Å². The summed E-state index contributed by atoms with van der Waals surface area (Å²) in [6.07, 6.45) is 0. The first kappa shape index (κ1) is 12.4. The average Bonchev–Trinajstić information content (AvgIpc) is 2.90. The van der Waals surface area contributed by atoms with E-state index < -0.39 is 5.24 Å². The van der Waals surface area contributed by atoms with E-state index in [0.29, 0.717) is 17.0 Å². The molecule has 1 N–H and O–H groups in total. The molecule has 20 heavy (non-hydrogen) atoms. The minimum absolute atomic E-state index is 0.443. The third-order valence-electron chi connectivity index (χ3n) is 3.00. The van der Waals surface area contributed by atoms with Crippen LogP contribution in [0, 0.1) is 11.3 Å². The predicted octanol–water partition coefficient (Wildman–Crippen LogP) is 3.48. The molecule has 0 saturated carbocycles. The maximum atomic E-state index is 11.0. The van der Waals surface area contributed by atoms with Crippen molar-refractivity contribution in [2.45, 2.75) is 0 Å². The summed E-state index contributed by atoms with van der Waals surface area (Å²) in [5.74, 6) is 0.684. The lowest BCUT2D eigenvalue weighted by Gasteiger charge is -1.97. The van der Waals surface area contributed by atoms with Crippen molar-refractivity contribution >= 4 is 27.9 Å². The maximum absolute atomic E-state index is 11.0. The van der Waals surface area contributed by atoms with Gasteiger partial charge in [-0.1, -0.05) is 12.1 Å². The Morgan fingerprint density at radius 3 is 2.60 bits per heavy atom. The first-order valence-electron chi connectivity index (χ1n) is 5.87. The number of rotatable bonds is 2. The number of carbonyl (C=O) groups is 1. The Balaban J connectivity index is 2.05. The normalized spacial score (nSPS) is 10.4. The van der Waals surface area contributed by atoms with Gasteiger partial charge in [-0.05, 0) is 41.9 Å². The quantitative estimate of drug-likeness (QED) is 0.731. The number of carbonyl (C=O) groups excluding carboxylic acids is 1. The third-order valence-corrected chi connectivity index (χ3v) is 3.22. The Labute approximate surface area is 119 Å². The molecule has 0 fully saturated rings. The van der Waals surface area contributed by atoms with Crippen molar-refractivity contribution in [1.29, 1.82) is 5.26 Å². The molecule has 0 aliphatic carbocycles. The van der Waals surface area contributed by atoms with Gasteiger partial charge in [0.25, 0.3) is 5.24 Å². The molecule has 0 amide bonds. The summed E-state index contributed by atoms with van der Waals surface area (Å²) >= 11 is 5.41. The van der Waals surface area contributed by atoms with Crippen LogP contribution in [0.4, 0.5) is 0 Å². The van der Waals surface area contributed by atoms with Crippen LogP contribution in [-0.4, -0.2) is 15.2 Å². The van der Waals surface area contributed by atoms with E-state index in [4.69, 9.17) is 16.9 Å². The lowest BCUT2D eigenvalue weighted by atomic mass is 10.1. The van der Waals surface area contributed by atoms with E-state index in [2.05, 4.69) is 16.0 Å². The van der Waals surface area contributed by atoms with Crippen molar-refractivity contribution in [3.8, 4) is 17.5 Å². The van der Waals surface area contributed by atoms with Gasteiger partial charge in [0, 0.05) is 11.1 Å². The number of nitriles is 1. The van der Waals surface area contributed by atoms with Crippen LogP contribution in [0.15, 0.2) is 42.5 Å². The van der Waals surface area contributed by atoms with Gasteiger partial charge in [0.1, 0.15) is 5.82 Å². The van der Waals surface area contributed by atoms with Crippen LogP contribution in [0.25, 0.3) is 22.4 Å². The van der Waals surface area contributed by atoms with Crippen molar-refractivity contribution in [2.24, 2.45) is 0 Å². The molecule has 0 spiro atoms. The van der Waals surface area contributed by atoms with Gasteiger partial charge in [-0.15, -0.1) is 0 Å². The molecule has 0 unspecified atom stereocenters. The summed E-state index contributed by atoms with van der Waals surface area (Å²) in [7, 11) is 0. The first-order chi connectivity index (χ1) is 9.67. The Kier molecular flexibility index (Phi) is 2.97. The Bertz CT molecular complexity index is 844. The van der Waals surface area contributed by atoms with Crippen LogP contribution < -0.4 is 0 Å². The number of nitrogens with zero attached hydrogens (tertiary/aromatic N) is 2. The number of aromatic nitrogens is 2. The van der Waals surface area contributed by atoms with Gasteiger partial charge in [-0.3, -0.25) is 4.79 Å². The number of hydrogen-bond donors (Lipinski definition) is 1. The molecule has 96 valence electrons. The second-order valence-electron chi connectivity index (χ2n) is 4.28. The summed E-state index contributed by atoms with van der Waals surface area (Å²) in [6, 6.07) is 14.2. The van der Waals surface area contributed by atoms with Crippen LogP contribution in [0.3, 0.4) is 0 Å². The van der Waals surface area contributed by atoms with E-state index in [1.165, 1.54) is 0 Å². The highest BCUT2D eigenvalue weighted by molar-refractivity contribution is 6.67. The molecule has 1 heterocycles. The lowest BCUT2D eigenvalue weighted by molar-refractivity contribution is 0.108. The Morgan fingerprint density at radius 2 is 1.95 bits per heavy atom. The molecular weight excluding hydrogens is 274 g/mol. The second kappa shape index (κ2) is 4.80. The summed E-state index contributed by atoms with van der Waals surface area (Å²) in [4.78, 5) is 18.6. The van der Waals surface area contributed by atoms with E-state index >= 15 is 0 Å². The fourth-order valence-corrected chi connectivity index (χ4v) is 2.10. The molecular formula is C15H8ClN3O. The van der Waals surface area contributed by atoms with Crippen molar-refractivity contribution in [3.05, 3.63) is 53.6 Å². The number of H-pyrrole nitrogens is 1. The lowest BCUT2D eigenvalue weighted by Crippen LogP contribution is -1.88. The first-order valence-corrected chi connectivity index (χ1v) is 6.25. The molecule has 0 aliphatic rings. The fourth-order valence-electron chi connectivity index (χ4n) is 1.97. The standard InChI is InChI=1S/C15H8ClN3O/c16-14(20)10-2-4-11(5-3-10)15-18-12-6-1-9(8-17)7-13(12)19-15/h1-7H,(H,18,19). The minimum Gasteiger partial charge on any atom is -0.338 e. The van der Waals surface area contributed by atoms with Crippen LogP contribution in [0.1, 0.15) is 15.9 Å². The van der Waals surface area contributed by atoms with Crippen molar-refractivity contribution < 1.29 is 4.79 Å². The molecule has 0 saturated heterocycles. The Morgan fingerprint density at radius 1 is 1.20 bits per heavy atom.